The quantitative estimate of drug-likeness (QED) is 0.757. The molecule has 0 atom stereocenters. The zero-order valence-electron chi connectivity index (χ0n) is 12.8. The lowest BCUT2D eigenvalue weighted by molar-refractivity contribution is -0.137. The van der Waals surface area contributed by atoms with E-state index in [4.69, 9.17) is 9.84 Å². The smallest absolute Gasteiger partial charge is 0.322 e. The van der Waals surface area contributed by atoms with Crippen molar-refractivity contribution in [3.05, 3.63) is 29.8 Å². The molecule has 0 fully saturated rings. The summed E-state index contributed by atoms with van der Waals surface area (Å²) in [6.45, 7) is 6.54. The third-order valence-electron chi connectivity index (χ3n) is 2.97. The van der Waals surface area contributed by atoms with Gasteiger partial charge >= 0.3 is 5.97 Å². The van der Waals surface area contributed by atoms with Gasteiger partial charge in [0.2, 0.25) is 5.91 Å². The van der Waals surface area contributed by atoms with Crippen LogP contribution in [0.4, 0.5) is 0 Å². The maximum absolute atomic E-state index is 11.3. The van der Waals surface area contributed by atoms with Gasteiger partial charge in [0.1, 0.15) is 12.3 Å². The Morgan fingerprint density at radius 2 is 1.81 bits per heavy atom. The van der Waals surface area contributed by atoms with Crippen LogP contribution in [0.1, 0.15) is 39.2 Å². The molecule has 0 heterocycles. The minimum Gasteiger partial charge on any atom is -0.494 e. The largest absolute Gasteiger partial charge is 0.494 e. The minimum atomic E-state index is -1.04. The Kier molecular flexibility index (Phi) is 6.21. The standard InChI is InChI=1S/C16H23NO4/c1-16(2,3)12-6-8-13(9-7-12)21-10-4-5-14(18)17-11-15(19)20/h6-9H,4-5,10-11H2,1-3H3,(H,17,18)(H,19,20). The monoisotopic (exact) mass is 293 g/mol. The first-order valence-electron chi connectivity index (χ1n) is 7.01. The van der Waals surface area contributed by atoms with Crippen molar-refractivity contribution < 1.29 is 19.4 Å². The zero-order valence-corrected chi connectivity index (χ0v) is 12.8. The van der Waals surface area contributed by atoms with Crippen molar-refractivity contribution in [1.82, 2.24) is 5.32 Å². The predicted octanol–water partition coefficient (Wildman–Crippen LogP) is 2.34. The summed E-state index contributed by atoms with van der Waals surface area (Å²) in [5.74, 6) is -0.545. The first kappa shape index (κ1) is 17.0. The maximum atomic E-state index is 11.3. The molecule has 1 aromatic carbocycles. The molecule has 5 heteroatoms. The molecule has 0 radical (unpaired) electrons. The summed E-state index contributed by atoms with van der Waals surface area (Å²) in [5, 5.41) is 10.7. The Labute approximate surface area is 125 Å². The van der Waals surface area contributed by atoms with Crippen molar-refractivity contribution >= 4 is 11.9 Å². The van der Waals surface area contributed by atoms with Gasteiger partial charge in [0.25, 0.3) is 0 Å². The molecular weight excluding hydrogens is 270 g/mol. The van der Waals surface area contributed by atoms with Crippen LogP contribution in [-0.2, 0) is 15.0 Å². The number of carboxylic acid groups (broad SMARTS) is 1. The van der Waals surface area contributed by atoms with Gasteiger partial charge in [-0.15, -0.1) is 0 Å². The summed E-state index contributed by atoms with van der Waals surface area (Å²) in [6, 6.07) is 7.92. The third kappa shape index (κ3) is 6.79. The number of carbonyl (C=O) groups excluding carboxylic acids is 1. The molecule has 0 spiro atoms. The number of ether oxygens (including phenoxy) is 1. The Morgan fingerprint density at radius 1 is 1.19 bits per heavy atom. The van der Waals surface area contributed by atoms with Gasteiger partial charge in [0.05, 0.1) is 6.61 Å². The van der Waals surface area contributed by atoms with E-state index < -0.39 is 5.97 Å². The van der Waals surface area contributed by atoms with Crippen LogP contribution >= 0.6 is 0 Å². The highest BCUT2D eigenvalue weighted by Crippen LogP contribution is 2.24. The molecule has 0 aliphatic heterocycles. The minimum absolute atomic E-state index is 0.112. The molecule has 0 saturated carbocycles. The van der Waals surface area contributed by atoms with Crippen molar-refractivity contribution in [1.29, 1.82) is 0 Å². The molecule has 0 aromatic heterocycles. The molecule has 0 aliphatic rings. The van der Waals surface area contributed by atoms with Gasteiger partial charge in [-0.25, -0.2) is 0 Å². The molecule has 1 amide bonds. The number of benzene rings is 1. The SMILES string of the molecule is CC(C)(C)c1ccc(OCCCC(=O)NCC(=O)O)cc1. The van der Waals surface area contributed by atoms with Crippen molar-refractivity contribution in [2.75, 3.05) is 13.2 Å². The molecule has 1 aromatic rings. The second kappa shape index (κ2) is 7.67. The van der Waals surface area contributed by atoms with Crippen LogP contribution in [0.5, 0.6) is 5.75 Å². The average Bonchev–Trinajstić information content (AvgIpc) is 2.41. The van der Waals surface area contributed by atoms with E-state index in [-0.39, 0.29) is 24.3 Å². The van der Waals surface area contributed by atoms with E-state index in [2.05, 4.69) is 26.1 Å². The number of carbonyl (C=O) groups is 2. The van der Waals surface area contributed by atoms with Crippen LogP contribution in [0, 0.1) is 0 Å². The lowest BCUT2D eigenvalue weighted by Gasteiger charge is -2.19. The highest BCUT2D eigenvalue weighted by atomic mass is 16.5. The highest BCUT2D eigenvalue weighted by molar-refractivity contribution is 5.80. The van der Waals surface area contributed by atoms with Gasteiger partial charge in [0.15, 0.2) is 0 Å². The molecule has 2 N–H and O–H groups in total. The lowest BCUT2D eigenvalue weighted by atomic mass is 9.87. The summed E-state index contributed by atoms with van der Waals surface area (Å²) in [7, 11) is 0. The fourth-order valence-electron chi connectivity index (χ4n) is 1.74. The van der Waals surface area contributed by atoms with Gasteiger partial charge < -0.3 is 15.2 Å². The summed E-state index contributed by atoms with van der Waals surface area (Å²) >= 11 is 0. The normalized spacial score (nSPS) is 11.0. The first-order chi connectivity index (χ1) is 9.79. The van der Waals surface area contributed by atoms with E-state index in [1.54, 1.807) is 0 Å². The summed E-state index contributed by atoms with van der Waals surface area (Å²) < 4.78 is 5.55. The second-order valence-corrected chi connectivity index (χ2v) is 5.90. The Morgan fingerprint density at radius 3 is 2.33 bits per heavy atom. The second-order valence-electron chi connectivity index (χ2n) is 5.90. The van der Waals surface area contributed by atoms with Gasteiger partial charge in [-0.2, -0.15) is 0 Å². The van der Waals surface area contributed by atoms with Gasteiger partial charge in [-0.05, 0) is 29.5 Å². The number of hydrogen-bond acceptors (Lipinski definition) is 3. The van der Waals surface area contributed by atoms with Crippen LogP contribution < -0.4 is 10.1 Å². The van der Waals surface area contributed by atoms with Gasteiger partial charge in [0, 0.05) is 6.42 Å². The van der Waals surface area contributed by atoms with Crippen LogP contribution in [-0.4, -0.2) is 30.1 Å². The molecule has 0 unspecified atom stereocenters. The molecule has 0 aliphatic carbocycles. The zero-order chi connectivity index (χ0) is 15.9. The average molecular weight is 293 g/mol. The van der Waals surface area contributed by atoms with E-state index in [1.165, 1.54) is 5.56 Å². The van der Waals surface area contributed by atoms with Crippen molar-refractivity contribution in [3.8, 4) is 5.75 Å². The number of rotatable bonds is 7. The third-order valence-corrected chi connectivity index (χ3v) is 2.97. The summed E-state index contributed by atoms with van der Waals surface area (Å²) in [6.07, 6.45) is 0.805. The molecule has 116 valence electrons. The van der Waals surface area contributed by atoms with Crippen molar-refractivity contribution in [2.45, 2.75) is 39.0 Å². The van der Waals surface area contributed by atoms with Crippen molar-refractivity contribution in [3.63, 3.8) is 0 Å². The number of hydrogen-bond donors (Lipinski definition) is 2. The fourth-order valence-corrected chi connectivity index (χ4v) is 1.74. The fraction of sp³-hybridized carbons (Fsp3) is 0.500. The molecule has 5 nitrogen and oxygen atoms in total. The van der Waals surface area contributed by atoms with E-state index >= 15 is 0 Å². The first-order valence-corrected chi connectivity index (χ1v) is 7.01. The van der Waals surface area contributed by atoms with Crippen LogP contribution in [0.3, 0.4) is 0 Å². The molecule has 21 heavy (non-hydrogen) atoms. The molecule has 1 rings (SSSR count). The molecule has 0 saturated heterocycles. The van der Waals surface area contributed by atoms with E-state index in [1.807, 2.05) is 24.3 Å². The Hall–Kier alpha value is -2.04. The number of carboxylic acids is 1. The van der Waals surface area contributed by atoms with Gasteiger partial charge in [-0.1, -0.05) is 32.9 Å². The highest BCUT2D eigenvalue weighted by Gasteiger charge is 2.12. The number of aliphatic carboxylic acids is 1. The maximum Gasteiger partial charge on any atom is 0.322 e. The number of nitrogens with one attached hydrogen (secondary N) is 1. The summed E-state index contributed by atoms with van der Waals surface area (Å²) in [4.78, 5) is 21.6. The summed E-state index contributed by atoms with van der Waals surface area (Å²) in [5.41, 5.74) is 1.35. The molecular formula is C16H23NO4. The topological polar surface area (TPSA) is 75.6 Å². The van der Waals surface area contributed by atoms with Crippen LogP contribution in [0.25, 0.3) is 0 Å². The van der Waals surface area contributed by atoms with Crippen LogP contribution in [0.2, 0.25) is 0 Å². The van der Waals surface area contributed by atoms with Crippen molar-refractivity contribution in [2.24, 2.45) is 0 Å². The van der Waals surface area contributed by atoms with E-state index in [9.17, 15) is 9.59 Å². The molecule has 0 bridgehead atoms. The van der Waals surface area contributed by atoms with Crippen LogP contribution in [0.15, 0.2) is 24.3 Å². The number of amides is 1. The Balaban J connectivity index is 2.27. The van der Waals surface area contributed by atoms with E-state index in [0.29, 0.717) is 13.0 Å². The lowest BCUT2D eigenvalue weighted by Crippen LogP contribution is -2.29. The predicted molar refractivity (Wildman–Crippen MR) is 80.5 cm³/mol. The Bertz CT molecular complexity index is 474. The van der Waals surface area contributed by atoms with Gasteiger partial charge in [-0.3, -0.25) is 9.59 Å². The van der Waals surface area contributed by atoms with E-state index in [0.717, 1.165) is 5.75 Å².